The van der Waals surface area contributed by atoms with Crippen LogP contribution in [0.15, 0.2) is 42.5 Å². The van der Waals surface area contributed by atoms with Gasteiger partial charge in [0.25, 0.3) is 0 Å². The van der Waals surface area contributed by atoms with Crippen LogP contribution in [-0.2, 0) is 9.89 Å². The van der Waals surface area contributed by atoms with Gasteiger partial charge >= 0.3 is 0 Å². The van der Waals surface area contributed by atoms with Gasteiger partial charge in [0.2, 0.25) is 0 Å². The van der Waals surface area contributed by atoms with E-state index < -0.39 is 0 Å². The van der Waals surface area contributed by atoms with Crippen LogP contribution in [-0.4, -0.2) is 27.0 Å². The van der Waals surface area contributed by atoms with Crippen molar-refractivity contribution in [2.45, 2.75) is 45.2 Å². The van der Waals surface area contributed by atoms with Gasteiger partial charge in [0, 0.05) is 36.6 Å². The average molecular weight is 385 g/mol. The number of aryl methyl sites for hydroxylation is 1. The van der Waals surface area contributed by atoms with Gasteiger partial charge in [-0.15, -0.1) is 0 Å². The quantitative estimate of drug-likeness (QED) is 0.483. The standard InChI is InChI=1S/C23H32NO2P/c1-18-12-13-22(20(16-18)24-14-8-5-9-15-24)27-23(2,3)19-10-6-7-11-21(19)26-17-25-4/h6-7,10-13,16,27H,5,8-9,14-15,17H2,1-4H3. The molecule has 2 aromatic carbocycles. The molecule has 0 aromatic heterocycles. The lowest BCUT2D eigenvalue weighted by molar-refractivity contribution is 0.0501. The first-order valence-electron chi connectivity index (χ1n) is 9.86. The summed E-state index contributed by atoms with van der Waals surface area (Å²) in [5.74, 6) is 0.920. The molecule has 1 aliphatic rings. The maximum atomic E-state index is 5.85. The van der Waals surface area contributed by atoms with Crippen molar-refractivity contribution in [2.75, 3.05) is 31.9 Å². The molecule has 3 nitrogen and oxygen atoms in total. The van der Waals surface area contributed by atoms with E-state index in [1.807, 2.05) is 12.1 Å². The molecule has 0 amide bonds. The van der Waals surface area contributed by atoms with Crippen LogP contribution in [0.4, 0.5) is 5.69 Å². The van der Waals surface area contributed by atoms with Crippen molar-refractivity contribution in [1.82, 2.24) is 0 Å². The fourth-order valence-electron chi connectivity index (χ4n) is 3.78. The molecule has 1 unspecified atom stereocenters. The zero-order valence-corrected chi connectivity index (χ0v) is 18.0. The minimum Gasteiger partial charge on any atom is -0.467 e. The van der Waals surface area contributed by atoms with Gasteiger partial charge < -0.3 is 14.4 Å². The molecule has 0 radical (unpaired) electrons. The Morgan fingerprint density at radius 1 is 1.04 bits per heavy atom. The number of benzene rings is 2. The molecule has 0 aliphatic carbocycles. The summed E-state index contributed by atoms with van der Waals surface area (Å²) in [7, 11) is 2.33. The number of piperidine rings is 1. The molecule has 2 aromatic rings. The molecular weight excluding hydrogens is 353 g/mol. The first-order valence-corrected chi connectivity index (χ1v) is 10.9. The van der Waals surface area contributed by atoms with Gasteiger partial charge in [-0.05, 0) is 49.2 Å². The molecule has 1 heterocycles. The monoisotopic (exact) mass is 385 g/mol. The number of anilines is 1. The summed E-state index contributed by atoms with van der Waals surface area (Å²) in [6.07, 6.45) is 3.96. The number of hydrogen-bond donors (Lipinski definition) is 0. The molecule has 1 atom stereocenters. The highest BCUT2D eigenvalue weighted by Gasteiger charge is 2.27. The molecule has 1 fully saturated rings. The second-order valence-corrected chi connectivity index (χ2v) is 9.90. The Labute approximate surface area is 165 Å². The Hall–Kier alpha value is -1.57. The first kappa shape index (κ1) is 20.2. The Balaban J connectivity index is 1.90. The molecule has 3 rings (SSSR count). The molecule has 0 saturated carbocycles. The fraction of sp³-hybridized carbons (Fsp3) is 0.478. The number of para-hydroxylation sites is 1. The number of methoxy groups -OCH3 is 1. The first-order chi connectivity index (χ1) is 13.0. The number of rotatable bonds is 7. The SMILES string of the molecule is COCOc1ccccc1C(C)(C)Pc1ccc(C)cc1N1CCCCC1. The largest absolute Gasteiger partial charge is 0.467 e. The van der Waals surface area contributed by atoms with Gasteiger partial charge in [-0.3, -0.25) is 0 Å². The van der Waals surface area contributed by atoms with Gasteiger partial charge in [0.05, 0.1) is 0 Å². The number of hydrogen-bond acceptors (Lipinski definition) is 3. The van der Waals surface area contributed by atoms with Crippen molar-refractivity contribution in [2.24, 2.45) is 0 Å². The Morgan fingerprint density at radius 3 is 2.52 bits per heavy atom. The van der Waals surface area contributed by atoms with Crippen molar-refractivity contribution in [3.8, 4) is 5.75 Å². The third kappa shape index (κ3) is 5.03. The minimum absolute atomic E-state index is 0.00979. The van der Waals surface area contributed by atoms with Gasteiger partial charge in [0.1, 0.15) is 5.75 Å². The van der Waals surface area contributed by atoms with E-state index in [2.05, 4.69) is 56.0 Å². The summed E-state index contributed by atoms with van der Waals surface area (Å²) in [4.78, 5) is 2.59. The van der Waals surface area contributed by atoms with Crippen LogP contribution in [0.2, 0.25) is 0 Å². The summed E-state index contributed by atoms with van der Waals surface area (Å²) in [6.45, 7) is 9.46. The maximum absolute atomic E-state index is 5.85. The third-order valence-electron chi connectivity index (χ3n) is 5.19. The molecule has 1 aliphatic heterocycles. The molecule has 27 heavy (non-hydrogen) atoms. The molecule has 0 spiro atoms. The highest BCUT2D eigenvalue weighted by Crippen LogP contribution is 2.45. The topological polar surface area (TPSA) is 21.7 Å². The van der Waals surface area contributed by atoms with Gasteiger partial charge in [-0.25, -0.2) is 0 Å². The predicted molar refractivity (Wildman–Crippen MR) is 117 cm³/mol. The lowest BCUT2D eigenvalue weighted by Crippen LogP contribution is -2.33. The molecule has 0 bridgehead atoms. The molecular formula is C23H32NO2P. The van der Waals surface area contributed by atoms with E-state index in [1.54, 1.807) is 7.11 Å². The van der Waals surface area contributed by atoms with E-state index in [1.165, 1.54) is 54.5 Å². The van der Waals surface area contributed by atoms with Crippen LogP contribution in [0.3, 0.4) is 0 Å². The summed E-state index contributed by atoms with van der Waals surface area (Å²) >= 11 is 0. The van der Waals surface area contributed by atoms with E-state index >= 15 is 0 Å². The van der Waals surface area contributed by atoms with E-state index in [0.29, 0.717) is 8.58 Å². The Kier molecular flexibility index (Phi) is 6.78. The number of nitrogens with zero attached hydrogens (tertiary/aromatic N) is 1. The highest BCUT2D eigenvalue weighted by atomic mass is 31.1. The van der Waals surface area contributed by atoms with Crippen LogP contribution < -0.4 is 14.9 Å². The van der Waals surface area contributed by atoms with E-state index in [4.69, 9.17) is 9.47 Å². The zero-order chi connectivity index (χ0) is 19.3. The Bertz CT molecular complexity index is 754. The number of ether oxygens (including phenoxy) is 2. The third-order valence-corrected chi connectivity index (χ3v) is 6.78. The summed E-state index contributed by atoms with van der Waals surface area (Å²) in [6, 6.07) is 15.3. The lowest BCUT2D eigenvalue weighted by Gasteiger charge is -2.34. The smallest absolute Gasteiger partial charge is 0.188 e. The highest BCUT2D eigenvalue weighted by molar-refractivity contribution is 7.49. The average Bonchev–Trinajstić information content (AvgIpc) is 2.68. The summed E-state index contributed by atoms with van der Waals surface area (Å²) in [5.41, 5.74) is 4.01. The van der Waals surface area contributed by atoms with Crippen molar-refractivity contribution >= 4 is 19.6 Å². The van der Waals surface area contributed by atoms with E-state index in [-0.39, 0.29) is 11.9 Å². The molecule has 1 saturated heterocycles. The Morgan fingerprint density at radius 2 is 1.78 bits per heavy atom. The van der Waals surface area contributed by atoms with Crippen LogP contribution in [0.25, 0.3) is 0 Å². The van der Waals surface area contributed by atoms with Crippen LogP contribution >= 0.6 is 8.58 Å². The lowest BCUT2D eigenvalue weighted by atomic mass is 10.0. The van der Waals surface area contributed by atoms with E-state index in [0.717, 1.165) is 5.75 Å². The molecule has 146 valence electrons. The fourth-order valence-corrected chi connectivity index (χ4v) is 5.32. The summed E-state index contributed by atoms with van der Waals surface area (Å²) in [5, 5.41) is 1.44. The normalized spacial score (nSPS) is 15.5. The van der Waals surface area contributed by atoms with Crippen molar-refractivity contribution in [3.63, 3.8) is 0 Å². The second kappa shape index (κ2) is 9.08. The summed E-state index contributed by atoms with van der Waals surface area (Å²) < 4.78 is 11.0. The maximum Gasteiger partial charge on any atom is 0.188 e. The predicted octanol–water partition coefficient (Wildman–Crippen LogP) is 5.21. The van der Waals surface area contributed by atoms with Crippen molar-refractivity contribution < 1.29 is 9.47 Å². The van der Waals surface area contributed by atoms with Crippen molar-refractivity contribution in [3.05, 3.63) is 53.6 Å². The van der Waals surface area contributed by atoms with Crippen LogP contribution in [0.1, 0.15) is 44.2 Å². The van der Waals surface area contributed by atoms with Crippen LogP contribution in [0, 0.1) is 6.92 Å². The van der Waals surface area contributed by atoms with Crippen LogP contribution in [0.5, 0.6) is 5.75 Å². The van der Waals surface area contributed by atoms with Gasteiger partial charge in [-0.2, -0.15) is 0 Å². The van der Waals surface area contributed by atoms with Gasteiger partial charge in [0.15, 0.2) is 6.79 Å². The second-order valence-electron chi connectivity index (χ2n) is 7.87. The minimum atomic E-state index is -0.00979. The van der Waals surface area contributed by atoms with Crippen molar-refractivity contribution in [1.29, 1.82) is 0 Å². The zero-order valence-electron chi connectivity index (χ0n) is 17.0. The molecule has 4 heteroatoms. The van der Waals surface area contributed by atoms with E-state index in [9.17, 15) is 0 Å². The molecule has 0 N–H and O–H groups in total. The van der Waals surface area contributed by atoms with Gasteiger partial charge in [-0.1, -0.05) is 52.8 Å².